The number of carbonyl (C=O) groups excluding carboxylic acids is 1. The van der Waals surface area contributed by atoms with Crippen molar-refractivity contribution in [2.45, 2.75) is 12.8 Å². The first-order valence-corrected chi connectivity index (χ1v) is 6.66. The van der Waals surface area contributed by atoms with Crippen molar-refractivity contribution in [3.8, 4) is 0 Å². The number of aryl methyl sites for hydroxylation is 1. The fraction of sp³-hybridized carbons (Fsp3) is 0.133. The minimum atomic E-state index is 0.213. The molecule has 0 atom stereocenters. The fourth-order valence-electron chi connectivity index (χ4n) is 1.68. The highest BCUT2D eigenvalue weighted by Gasteiger charge is 2.05. The van der Waals surface area contributed by atoms with E-state index in [1.165, 1.54) is 5.56 Å². The van der Waals surface area contributed by atoms with Crippen LogP contribution in [0.15, 0.2) is 54.6 Å². The normalized spacial score (nSPS) is 10.2. The molecule has 17 heavy (non-hydrogen) atoms. The minimum absolute atomic E-state index is 0.213. The largest absolute Gasteiger partial charge is 0.294 e. The number of halogens is 1. The van der Waals surface area contributed by atoms with Gasteiger partial charge >= 0.3 is 0 Å². The number of rotatable bonds is 4. The molecule has 2 heteroatoms. The molecule has 0 heterocycles. The Morgan fingerprint density at radius 2 is 1.59 bits per heavy atom. The number of ketones is 1. The van der Waals surface area contributed by atoms with Crippen LogP contribution in [0.4, 0.5) is 0 Å². The SMILES string of the molecule is O=C(CCc1ccccc1)c1ccc(I)cc1. The Balaban J connectivity index is 1.96. The van der Waals surface area contributed by atoms with Gasteiger partial charge in [0, 0.05) is 15.6 Å². The van der Waals surface area contributed by atoms with Crippen LogP contribution < -0.4 is 0 Å². The quantitative estimate of drug-likeness (QED) is 0.607. The van der Waals surface area contributed by atoms with E-state index in [-0.39, 0.29) is 5.78 Å². The summed E-state index contributed by atoms with van der Waals surface area (Å²) in [6.07, 6.45) is 1.39. The van der Waals surface area contributed by atoms with E-state index >= 15 is 0 Å². The second-order valence-electron chi connectivity index (χ2n) is 3.92. The van der Waals surface area contributed by atoms with E-state index in [1.807, 2.05) is 42.5 Å². The van der Waals surface area contributed by atoms with Crippen LogP contribution >= 0.6 is 22.6 Å². The minimum Gasteiger partial charge on any atom is -0.294 e. The molecule has 0 spiro atoms. The fourth-order valence-corrected chi connectivity index (χ4v) is 2.04. The summed E-state index contributed by atoms with van der Waals surface area (Å²) in [6, 6.07) is 17.8. The average molecular weight is 336 g/mol. The Bertz CT molecular complexity index is 488. The molecule has 2 aromatic carbocycles. The molecule has 0 aliphatic carbocycles. The number of benzene rings is 2. The zero-order valence-electron chi connectivity index (χ0n) is 9.40. The second kappa shape index (κ2) is 5.96. The summed E-state index contributed by atoms with van der Waals surface area (Å²) in [5, 5.41) is 0. The Morgan fingerprint density at radius 3 is 2.24 bits per heavy atom. The summed E-state index contributed by atoms with van der Waals surface area (Å²) < 4.78 is 1.15. The molecule has 0 aromatic heterocycles. The third-order valence-electron chi connectivity index (χ3n) is 2.65. The number of Topliss-reactive ketones (excluding diaryl/α,β-unsaturated/α-hetero) is 1. The maximum atomic E-state index is 11.9. The highest BCUT2D eigenvalue weighted by atomic mass is 127. The standard InChI is InChI=1S/C15H13IO/c16-14-9-7-13(8-10-14)15(17)11-6-12-4-2-1-3-5-12/h1-5,7-10H,6,11H2. The lowest BCUT2D eigenvalue weighted by Crippen LogP contribution is -2.01. The van der Waals surface area contributed by atoms with Crippen LogP contribution in [0.1, 0.15) is 22.3 Å². The summed E-state index contributed by atoms with van der Waals surface area (Å²) in [5.41, 5.74) is 2.02. The molecular formula is C15H13IO. The van der Waals surface area contributed by atoms with Crippen molar-refractivity contribution in [1.29, 1.82) is 0 Å². The van der Waals surface area contributed by atoms with Crippen LogP contribution in [0.3, 0.4) is 0 Å². The van der Waals surface area contributed by atoms with Gasteiger partial charge in [0.1, 0.15) is 0 Å². The van der Waals surface area contributed by atoms with Gasteiger partial charge in [-0.3, -0.25) is 4.79 Å². The van der Waals surface area contributed by atoms with Crippen LogP contribution in [0, 0.1) is 3.57 Å². The molecule has 0 aliphatic heterocycles. The molecule has 0 saturated carbocycles. The van der Waals surface area contributed by atoms with Crippen LogP contribution in [-0.4, -0.2) is 5.78 Å². The molecule has 0 amide bonds. The number of hydrogen-bond donors (Lipinski definition) is 0. The topological polar surface area (TPSA) is 17.1 Å². The van der Waals surface area contributed by atoms with Crippen LogP contribution in [0.5, 0.6) is 0 Å². The molecule has 0 aliphatic rings. The molecule has 0 bridgehead atoms. The predicted octanol–water partition coefficient (Wildman–Crippen LogP) is 4.11. The average Bonchev–Trinajstić information content (AvgIpc) is 2.38. The summed E-state index contributed by atoms with van der Waals surface area (Å²) in [7, 11) is 0. The van der Waals surface area contributed by atoms with Gasteiger partial charge in [-0.2, -0.15) is 0 Å². The zero-order chi connectivity index (χ0) is 12.1. The first kappa shape index (κ1) is 12.3. The molecule has 2 aromatic rings. The van der Waals surface area contributed by atoms with Crippen molar-refractivity contribution in [2.75, 3.05) is 0 Å². The van der Waals surface area contributed by atoms with Gasteiger partial charge in [-0.25, -0.2) is 0 Å². The maximum absolute atomic E-state index is 11.9. The maximum Gasteiger partial charge on any atom is 0.163 e. The predicted molar refractivity (Wildman–Crippen MR) is 78.3 cm³/mol. The molecule has 0 saturated heterocycles. The molecule has 1 nitrogen and oxygen atoms in total. The van der Waals surface area contributed by atoms with Crippen molar-refractivity contribution in [2.24, 2.45) is 0 Å². The van der Waals surface area contributed by atoms with E-state index < -0.39 is 0 Å². The van der Waals surface area contributed by atoms with Crippen molar-refractivity contribution >= 4 is 28.4 Å². The van der Waals surface area contributed by atoms with E-state index in [9.17, 15) is 4.79 Å². The van der Waals surface area contributed by atoms with Crippen molar-refractivity contribution in [3.05, 3.63) is 69.3 Å². The van der Waals surface area contributed by atoms with Crippen LogP contribution in [0.2, 0.25) is 0 Å². The summed E-state index contributed by atoms with van der Waals surface area (Å²) in [4.78, 5) is 11.9. The summed E-state index contributed by atoms with van der Waals surface area (Å²) in [5.74, 6) is 0.213. The van der Waals surface area contributed by atoms with Gasteiger partial charge in [0.25, 0.3) is 0 Å². The first-order chi connectivity index (χ1) is 8.25. The van der Waals surface area contributed by atoms with Gasteiger partial charge in [0.05, 0.1) is 0 Å². The zero-order valence-corrected chi connectivity index (χ0v) is 11.6. The van der Waals surface area contributed by atoms with Gasteiger partial charge in [-0.15, -0.1) is 0 Å². The lowest BCUT2D eigenvalue weighted by atomic mass is 10.0. The lowest BCUT2D eigenvalue weighted by Gasteiger charge is -2.02. The third-order valence-corrected chi connectivity index (χ3v) is 3.37. The van der Waals surface area contributed by atoms with E-state index in [0.29, 0.717) is 6.42 Å². The molecule has 0 unspecified atom stereocenters. The van der Waals surface area contributed by atoms with Crippen molar-refractivity contribution in [1.82, 2.24) is 0 Å². The number of carbonyl (C=O) groups is 1. The molecule has 0 N–H and O–H groups in total. The van der Waals surface area contributed by atoms with E-state index in [1.54, 1.807) is 0 Å². The first-order valence-electron chi connectivity index (χ1n) is 5.58. The Morgan fingerprint density at radius 1 is 0.941 bits per heavy atom. The van der Waals surface area contributed by atoms with Crippen LogP contribution in [0.25, 0.3) is 0 Å². The van der Waals surface area contributed by atoms with Crippen molar-refractivity contribution < 1.29 is 4.79 Å². The smallest absolute Gasteiger partial charge is 0.163 e. The second-order valence-corrected chi connectivity index (χ2v) is 5.16. The molecule has 0 fully saturated rings. The van der Waals surface area contributed by atoms with Gasteiger partial charge < -0.3 is 0 Å². The van der Waals surface area contributed by atoms with E-state index in [0.717, 1.165) is 15.6 Å². The van der Waals surface area contributed by atoms with Gasteiger partial charge in [0.2, 0.25) is 0 Å². The highest BCUT2D eigenvalue weighted by Crippen LogP contribution is 2.11. The van der Waals surface area contributed by atoms with E-state index in [4.69, 9.17) is 0 Å². The Labute approximate surface area is 115 Å². The molecule has 0 radical (unpaired) electrons. The van der Waals surface area contributed by atoms with Crippen LogP contribution in [-0.2, 0) is 6.42 Å². The molecular weight excluding hydrogens is 323 g/mol. The van der Waals surface area contributed by atoms with E-state index in [2.05, 4.69) is 34.7 Å². The monoisotopic (exact) mass is 336 g/mol. The Kier molecular flexibility index (Phi) is 4.31. The summed E-state index contributed by atoms with van der Waals surface area (Å²) >= 11 is 2.24. The van der Waals surface area contributed by atoms with Crippen molar-refractivity contribution in [3.63, 3.8) is 0 Å². The highest BCUT2D eigenvalue weighted by molar-refractivity contribution is 14.1. The van der Waals surface area contributed by atoms with Gasteiger partial charge in [0.15, 0.2) is 5.78 Å². The summed E-state index contributed by atoms with van der Waals surface area (Å²) in [6.45, 7) is 0. The number of hydrogen-bond acceptors (Lipinski definition) is 1. The van der Waals surface area contributed by atoms with Gasteiger partial charge in [-0.1, -0.05) is 42.5 Å². The molecule has 2 rings (SSSR count). The van der Waals surface area contributed by atoms with Gasteiger partial charge in [-0.05, 0) is 46.7 Å². The lowest BCUT2D eigenvalue weighted by molar-refractivity contribution is 0.0983. The molecule has 86 valence electrons. The Hall–Kier alpha value is -1.16. The third kappa shape index (κ3) is 3.66.